The maximum absolute atomic E-state index is 13.1. The van der Waals surface area contributed by atoms with Crippen molar-refractivity contribution in [3.63, 3.8) is 0 Å². The van der Waals surface area contributed by atoms with Crippen molar-refractivity contribution >= 4 is 39.1 Å². The summed E-state index contributed by atoms with van der Waals surface area (Å²) in [6.07, 6.45) is 5.36. The third-order valence-corrected chi connectivity index (χ3v) is 6.62. The number of amides is 2. The van der Waals surface area contributed by atoms with E-state index in [1.54, 1.807) is 22.9 Å². The third kappa shape index (κ3) is 3.90. The normalized spacial score (nSPS) is 12.9. The van der Waals surface area contributed by atoms with Crippen LogP contribution in [0.2, 0.25) is 0 Å². The van der Waals surface area contributed by atoms with Crippen molar-refractivity contribution in [2.75, 3.05) is 11.9 Å². The zero-order chi connectivity index (χ0) is 22.0. The summed E-state index contributed by atoms with van der Waals surface area (Å²) in [7, 11) is 0. The average molecular weight is 437 g/mol. The van der Waals surface area contributed by atoms with E-state index < -0.39 is 11.3 Å². The fraction of sp³-hybridized carbons (Fsp3) is 0.304. The molecule has 1 aliphatic carbocycles. The molecule has 2 heterocycles. The van der Waals surface area contributed by atoms with Crippen LogP contribution in [0.5, 0.6) is 0 Å². The van der Waals surface area contributed by atoms with E-state index in [0.717, 1.165) is 36.1 Å². The second-order valence-corrected chi connectivity index (χ2v) is 8.48. The Kier molecular flexibility index (Phi) is 5.99. The minimum Gasteiger partial charge on any atom is -0.348 e. The lowest BCUT2D eigenvalue weighted by molar-refractivity contribution is 0.0958. The molecule has 0 bridgehead atoms. The van der Waals surface area contributed by atoms with Gasteiger partial charge in [-0.1, -0.05) is 18.2 Å². The molecule has 3 aromatic rings. The minimum absolute atomic E-state index is 0.177. The number of fused-ring (bicyclic) bond motifs is 2. The summed E-state index contributed by atoms with van der Waals surface area (Å²) in [6.45, 7) is 6.39. The fourth-order valence-electron chi connectivity index (χ4n) is 3.94. The number of benzene rings is 1. The van der Waals surface area contributed by atoms with Gasteiger partial charge in [-0.05, 0) is 50.3 Å². The zero-order valence-corrected chi connectivity index (χ0v) is 18.2. The molecule has 0 atom stereocenters. The van der Waals surface area contributed by atoms with E-state index in [1.807, 2.05) is 19.1 Å². The summed E-state index contributed by atoms with van der Waals surface area (Å²) in [5.41, 5.74) is 1.57. The molecule has 2 amide bonds. The first-order chi connectivity index (χ1) is 15.0. The molecule has 31 heavy (non-hydrogen) atoms. The number of nitrogens with zero attached hydrogens (tertiary/aromatic N) is 2. The van der Waals surface area contributed by atoms with Gasteiger partial charge in [0.05, 0.1) is 11.1 Å². The summed E-state index contributed by atoms with van der Waals surface area (Å²) in [5.74, 6) is -0.846. The van der Waals surface area contributed by atoms with Gasteiger partial charge in [-0.25, -0.2) is 0 Å². The van der Waals surface area contributed by atoms with Gasteiger partial charge < -0.3 is 10.6 Å². The second kappa shape index (κ2) is 8.85. The number of anilines is 1. The van der Waals surface area contributed by atoms with Gasteiger partial charge in [0.2, 0.25) is 5.43 Å². The van der Waals surface area contributed by atoms with Crippen LogP contribution in [-0.2, 0) is 19.4 Å². The van der Waals surface area contributed by atoms with Gasteiger partial charge in [-0.3, -0.25) is 19.1 Å². The highest BCUT2D eigenvalue weighted by atomic mass is 32.1. The van der Waals surface area contributed by atoms with Crippen LogP contribution in [0, 0.1) is 0 Å². The molecule has 160 valence electrons. The molecule has 0 unspecified atom stereocenters. The highest BCUT2D eigenvalue weighted by Crippen LogP contribution is 2.38. The van der Waals surface area contributed by atoms with Gasteiger partial charge in [0.15, 0.2) is 5.69 Å². The van der Waals surface area contributed by atoms with Gasteiger partial charge in [0.1, 0.15) is 5.00 Å². The Morgan fingerprint density at radius 1 is 1.23 bits per heavy atom. The first kappa shape index (κ1) is 21.0. The molecule has 0 spiro atoms. The van der Waals surface area contributed by atoms with Crippen LogP contribution in [0.1, 0.15) is 51.1 Å². The first-order valence-electron chi connectivity index (χ1n) is 10.4. The van der Waals surface area contributed by atoms with E-state index in [0.29, 0.717) is 34.6 Å². The predicted octanol–water partition coefficient (Wildman–Crippen LogP) is 3.52. The molecule has 7 nitrogen and oxygen atoms in total. The lowest BCUT2D eigenvalue weighted by Gasteiger charge is -2.13. The van der Waals surface area contributed by atoms with E-state index in [4.69, 9.17) is 0 Å². The number of hydrogen-bond acceptors (Lipinski definition) is 5. The molecule has 0 saturated heterocycles. The summed E-state index contributed by atoms with van der Waals surface area (Å²) in [5, 5.41) is 10.8. The second-order valence-electron chi connectivity index (χ2n) is 7.38. The number of para-hydroxylation sites is 1. The molecule has 1 aliphatic rings. The van der Waals surface area contributed by atoms with Gasteiger partial charge >= 0.3 is 0 Å². The number of nitrogens with one attached hydrogen (secondary N) is 2. The van der Waals surface area contributed by atoms with E-state index in [1.165, 1.54) is 11.3 Å². The van der Waals surface area contributed by atoms with Crippen LogP contribution >= 0.6 is 11.3 Å². The molecule has 0 fully saturated rings. The number of carbonyl (C=O) groups excluding carboxylic acids is 2. The number of thiophene rings is 1. The molecule has 0 aliphatic heterocycles. The molecule has 0 radical (unpaired) electrons. The predicted molar refractivity (Wildman–Crippen MR) is 123 cm³/mol. The Hall–Kier alpha value is -3.26. The van der Waals surface area contributed by atoms with Crippen LogP contribution in [0.3, 0.4) is 0 Å². The van der Waals surface area contributed by atoms with Gasteiger partial charge in [0.25, 0.3) is 11.8 Å². The molecular weight excluding hydrogens is 412 g/mol. The first-order valence-corrected chi connectivity index (χ1v) is 11.2. The monoisotopic (exact) mass is 436 g/mol. The summed E-state index contributed by atoms with van der Waals surface area (Å²) in [6, 6.07) is 7.10. The third-order valence-electron chi connectivity index (χ3n) is 5.41. The summed E-state index contributed by atoms with van der Waals surface area (Å²) in [4.78, 5) is 40.0. The zero-order valence-electron chi connectivity index (χ0n) is 17.4. The van der Waals surface area contributed by atoms with Gasteiger partial charge in [-0.2, -0.15) is 5.10 Å². The molecule has 0 saturated carbocycles. The molecular formula is C23H24N4O3S. The van der Waals surface area contributed by atoms with Crippen molar-refractivity contribution in [2.24, 2.45) is 0 Å². The Balaban J connectivity index is 1.75. The van der Waals surface area contributed by atoms with E-state index in [9.17, 15) is 14.4 Å². The van der Waals surface area contributed by atoms with Crippen LogP contribution in [-0.4, -0.2) is 28.1 Å². The Bertz CT molecular complexity index is 1240. The standard InChI is InChI=1S/C23H24N4O3S/c1-3-13-24-21(29)18-15-10-6-8-12-17(15)31-23(18)25-22(30)19-20(28)14-9-5-7-11-16(14)27(4-2)26-19/h3,5,7,9,11H,1,4,6,8,10,12-13H2,2H3,(H,24,29)(H,25,30). The average Bonchev–Trinajstić information content (AvgIpc) is 3.15. The molecule has 4 rings (SSSR count). The Morgan fingerprint density at radius 2 is 2.00 bits per heavy atom. The van der Waals surface area contributed by atoms with Crippen LogP contribution in [0.4, 0.5) is 5.00 Å². The van der Waals surface area contributed by atoms with Crippen molar-refractivity contribution in [3.8, 4) is 0 Å². The van der Waals surface area contributed by atoms with E-state index in [-0.39, 0.29) is 11.6 Å². The van der Waals surface area contributed by atoms with Crippen molar-refractivity contribution in [1.29, 1.82) is 0 Å². The molecule has 8 heteroatoms. The van der Waals surface area contributed by atoms with Crippen LogP contribution in [0.15, 0.2) is 41.7 Å². The number of hydrogen-bond donors (Lipinski definition) is 2. The lowest BCUT2D eigenvalue weighted by atomic mass is 9.95. The number of carbonyl (C=O) groups is 2. The Morgan fingerprint density at radius 3 is 2.77 bits per heavy atom. The molecule has 2 N–H and O–H groups in total. The van der Waals surface area contributed by atoms with Crippen molar-refractivity contribution < 1.29 is 9.59 Å². The molecule has 1 aromatic carbocycles. The van der Waals surface area contributed by atoms with E-state index in [2.05, 4.69) is 22.3 Å². The number of rotatable bonds is 6. The molecule has 2 aromatic heterocycles. The van der Waals surface area contributed by atoms with Crippen molar-refractivity contribution in [1.82, 2.24) is 15.1 Å². The highest BCUT2D eigenvalue weighted by molar-refractivity contribution is 7.17. The summed E-state index contributed by atoms with van der Waals surface area (Å²) >= 11 is 1.41. The topological polar surface area (TPSA) is 93.1 Å². The maximum Gasteiger partial charge on any atom is 0.280 e. The van der Waals surface area contributed by atoms with E-state index >= 15 is 0 Å². The van der Waals surface area contributed by atoms with Gasteiger partial charge in [-0.15, -0.1) is 17.9 Å². The number of aromatic nitrogens is 2. The largest absolute Gasteiger partial charge is 0.348 e. The highest BCUT2D eigenvalue weighted by Gasteiger charge is 2.27. The SMILES string of the molecule is C=CCNC(=O)c1c(NC(=O)c2nn(CC)c3ccccc3c2=O)sc2c1CCCC2. The lowest BCUT2D eigenvalue weighted by Crippen LogP contribution is -2.29. The van der Waals surface area contributed by atoms with Crippen molar-refractivity contribution in [2.45, 2.75) is 39.2 Å². The number of aryl methyl sites for hydroxylation is 2. The Labute approximate surface area is 183 Å². The minimum atomic E-state index is -0.602. The quantitative estimate of drug-likeness (QED) is 0.578. The maximum atomic E-state index is 13.1. The summed E-state index contributed by atoms with van der Waals surface area (Å²) < 4.78 is 1.64. The van der Waals surface area contributed by atoms with Gasteiger partial charge in [0, 0.05) is 23.4 Å². The smallest absolute Gasteiger partial charge is 0.280 e. The van der Waals surface area contributed by atoms with Crippen molar-refractivity contribution in [3.05, 3.63) is 68.8 Å². The van der Waals surface area contributed by atoms with Crippen LogP contribution in [0.25, 0.3) is 10.9 Å². The van der Waals surface area contributed by atoms with Crippen LogP contribution < -0.4 is 16.1 Å². The fourth-order valence-corrected chi connectivity index (χ4v) is 5.22.